The van der Waals surface area contributed by atoms with Crippen LogP contribution in [0, 0.1) is 12.3 Å². The molecule has 0 aliphatic rings. The molecule has 20 heavy (non-hydrogen) atoms. The molecule has 1 aromatic heterocycles. The largest absolute Gasteiger partial charge is 0.361 e. The molecule has 0 saturated heterocycles. The summed E-state index contributed by atoms with van der Waals surface area (Å²) in [4.78, 5) is 4.66. The summed E-state index contributed by atoms with van der Waals surface area (Å²) in [6, 6.07) is 6.45. The quantitative estimate of drug-likeness (QED) is 0.669. The Hall–Kier alpha value is -1.09. The number of thiazole rings is 1. The average molecular weight is 290 g/mol. The van der Waals surface area contributed by atoms with Crippen molar-refractivity contribution in [2.45, 2.75) is 53.4 Å². The molecule has 0 saturated carbocycles. The van der Waals surface area contributed by atoms with Gasteiger partial charge < -0.3 is 5.32 Å². The van der Waals surface area contributed by atoms with E-state index in [2.05, 4.69) is 56.2 Å². The van der Waals surface area contributed by atoms with Crippen molar-refractivity contribution in [2.24, 2.45) is 5.41 Å². The van der Waals surface area contributed by atoms with Crippen LogP contribution in [0.25, 0.3) is 10.2 Å². The van der Waals surface area contributed by atoms with E-state index in [1.54, 1.807) is 11.3 Å². The zero-order valence-corrected chi connectivity index (χ0v) is 13.9. The standard InChI is InChI=1S/C17H26N2S/c1-5-6-7-10-17(3,4)12-18-16-19-14-9-8-13(2)11-15(14)20-16/h8-9,11H,5-7,10,12H2,1-4H3,(H,18,19). The maximum Gasteiger partial charge on any atom is 0.183 e. The Bertz CT molecular complexity index is 557. The molecule has 0 aliphatic heterocycles. The zero-order chi connectivity index (χ0) is 14.6. The highest BCUT2D eigenvalue weighted by molar-refractivity contribution is 7.22. The van der Waals surface area contributed by atoms with Gasteiger partial charge in [0.1, 0.15) is 0 Å². The second-order valence-corrected chi connectivity index (χ2v) is 7.50. The number of nitrogens with one attached hydrogen (secondary N) is 1. The van der Waals surface area contributed by atoms with Crippen molar-refractivity contribution in [3.8, 4) is 0 Å². The maximum absolute atomic E-state index is 4.66. The summed E-state index contributed by atoms with van der Waals surface area (Å²) in [5, 5.41) is 4.58. The molecule has 2 nitrogen and oxygen atoms in total. The fourth-order valence-electron chi connectivity index (χ4n) is 2.36. The minimum Gasteiger partial charge on any atom is -0.361 e. The second-order valence-electron chi connectivity index (χ2n) is 6.47. The van der Waals surface area contributed by atoms with Crippen molar-refractivity contribution < 1.29 is 0 Å². The van der Waals surface area contributed by atoms with Crippen LogP contribution in [-0.2, 0) is 0 Å². The first-order valence-corrected chi connectivity index (χ1v) is 8.43. The van der Waals surface area contributed by atoms with Gasteiger partial charge >= 0.3 is 0 Å². The van der Waals surface area contributed by atoms with Crippen molar-refractivity contribution >= 4 is 26.7 Å². The van der Waals surface area contributed by atoms with Crippen LogP contribution < -0.4 is 5.32 Å². The fraction of sp³-hybridized carbons (Fsp3) is 0.588. The zero-order valence-electron chi connectivity index (χ0n) is 13.1. The monoisotopic (exact) mass is 290 g/mol. The highest BCUT2D eigenvalue weighted by Crippen LogP contribution is 2.29. The summed E-state index contributed by atoms with van der Waals surface area (Å²) in [5.74, 6) is 0. The smallest absolute Gasteiger partial charge is 0.183 e. The third-order valence-corrected chi connectivity index (χ3v) is 4.70. The first kappa shape index (κ1) is 15.3. The van der Waals surface area contributed by atoms with Crippen LogP contribution in [0.4, 0.5) is 5.13 Å². The number of unbranched alkanes of at least 4 members (excludes halogenated alkanes) is 2. The lowest BCUT2D eigenvalue weighted by atomic mass is 9.87. The number of nitrogens with zero attached hydrogens (tertiary/aromatic N) is 1. The Morgan fingerprint density at radius 1 is 1.25 bits per heavy atom. The lowest BCUT2D eigenvalue weighted by Gasteiger charge is -2.24. The Kier molecular flexibility index (Phi) is 5.03. The van der Waals surface area contributed by atoms with Crippen LogP contribution >= 0.6 is 11.3 Å². The predicted octanol–water partition coefficient (Wildman–Crippen LogP) is 5.62. The summed E-state index contributed by atoms with van der Waals surface area (Å²) in [7, 11) is 0. The van der Waals surface area contributed by atoms with E-state index in [0.717, 1.165) is 17.2 Å². The number of benzene rings is 1. The Morgan fingerprint density at radius 2 is 2.05 bits per heavy atom. The number of rotatable bonds is 7. The van der Waals surface area contributed by atoms with E-state index < -0.39 is 0 Å². The molecule has 0 spiro atoms. The van der Waals surface area contributed by atoms with E-state index >= 15 is 0 Å². The van der Waals surface area contributed by atoms with Crippen LogP contribution in [-0.4, -0.2) is 11.5 Å². The van der Waals surface area contributed by atoms with E-state index in [1.807, 2.05) is 0 Å². The fourth-order valence-corrected chi connectivity index (χ4v) is 3.32. The van der Waals surface area contributed by atoms with Gasteiger partial charge in [0.25, 0.3) is 0 Å². The molecule has 0 fully saturated rings. The number of fused-ring (bicyclic) bond motifs is 1. The Morgan fingerprint density at radius 3 is 2.80 bits per heavy atom. The van der Waals surface area contributed by atoms with E-state index in [1.165, 1.54) is 35.9 Å². The lowest BCUT2D eigenvalue weighted by Crippen LogP contribution is -2.22. The molecule has 3 heteroatoms. The SMILES string of the molecule is CCCCCC(C)(C)CNc1nc2ccc(C)cc2s1. The molecule has 0 aliphatic carbocycles. The van der Waals surface area contributed by atoms with Crippen LogP contribution in [0.1, 0.15) is 52.0 Å². The van der Waals surface area contributed by atoms with Gasteiger partial charge in [-0.25, -0.2) is 4.98 Å². The third kappa shape index (κ3) is 4.20. The summed E-state index contributed by atoms with van der Waals surface area (Å²) in [5.41, 5.74) is 2.74. The lowest BCUT2D eigenvalue weighted by molar-refractivity contribution is 0.342. The van der Waals surface area contributed by atoms with Gasteiger partial charge in [0.2, 0.25) is 0 Å². The molecule has 2 rings (SSSR count). The number of anilines is 1. The normalized spacial score (nSPS) is 12.0. The molecule has 0 unspecified atom stereocenters. The highest BCUT2D eigenvalue weighted by Gasteiger charge is 2.17. The van der Waals surface area contributed by atoms with Gasteiger partial charge in [0.15, 0.2) is 5.13 Å². The summed E-state index contributed by atoms with van der Waals surface area (Å²) in [6.07, 6.45) is 5.23. The van der Waals surface area contributed by atoms with Gasteiger partial charge in [-0.15, -0.1) is 0 Å². The van der Waals surface area contributed by atoms with Gasteiger partial charge in [0.05, 0.1) is 10.2 Å². The Balaban J connectivity index is 1.94. The van der Waals surface area contributed by atoms with Crippen molar-refractivity contribution in [3.05, 3.63) is 23.8 Å². The van der Waals surface area contributed by atoms with Gasteiger partial charge in [0, 0.05) is 6.54 Å². The molecule has 110 valence electrons. The van der Waals surface area contributed by atoms with Crippen molar-refractivity contribution in [3.63, 3.8) is 0 Å². The molecule has 1 N–H and O–H groups in total. The second kappa shape index (κ2) is 6.57. The topological polar surface area (TPSA) is 24.9 Å². The summed E-state index contributed by atoms with van der Waals surface area (Å²) in [6.45, 7) is 10.1. The molecule has 0 bridgehead atoms. The number of hydrogen-bond acceptors (Lipinski definition) is 3. The van der Waals surface area contributed by atoms with Crippen LogP contribution in [0.5, 0.6) is 0 Å². The van der Waals surface area contributed by atoms with Crippen LogP contribution in [0.3, 0.4) is 0 Å². The van der Waals surface area contributed by atoms with Gasteiger partial charge in [-0.2, -0.15) is 0 Å². The Labute approximate surface area is 126 Å². The molecule has 2 aromatic rings. The molecular weight excluding hydrogens is 264 g/mol. The molecule has 1 aromatic carbocycles. The van der Waals surface area contributed by atoms with E-state index in [-0.39, 0.29) is 0 Å². The predicted molar refractivity (Wildman–Crippen MR) is 90.8 cm³/mol. The van der Waals surface area contributed by atoms with Gasteiger partial charge in [-0.3, -0.25) is 0 Å². The number of aromatic nitrogens is 1. The van der Waals surface area contributed by atoms with Crippen molar-refractivity contribution in [2.75, 3.05) is 11.9 Å². The molecule has 0 atom stereocenters. The van der Waals surface area contributed by atoms with Gasteiger partial charge in [-0.05, 0) is 36.5 Å². The maximum atomic E-state index is 4.66. The molecule has 0 amide bonds. The highest BCUT2D eigenvalue weighted by atomic mass is 32.1. The van der Waals surface area contributed by atoms with Gasteiger partial charge in [-0.1, -0.05) is 57.4 Å². The van der Waals surface area contributed by atoms with Crippen LogP contribution in [0.2, 0.25) is 0 Å². The first-order valence-electron chi connectivity index (χ1n) is 7.61. The average Bonchev–Trinajstić information content (AvgIpc) is 2.79. The first-order chi connectivity index (χ1) is 9.50. The number of hydrogen-bond donors (Lipinski definition) is 1. The molecular formula is C17H26N2S. The minimum absolute atomic E-state index is 0.336. The number of aryl methyl sites for hydroxylation is 1. The summed E-state index contributed by atoms with van der Waals surface area (Å²) < 4.78 is 1.27. The van der Waals surface area contributed by atoms with Crippen LogP contribution in [0.15, 0.2) is 18.2 Å². The van der Waals surface area contributed by atoms with Crippen molar-refractivity contribution in [1.82, 2.24) is 4.98 Å². The molecule has 0 radical (unpaired) electrons. The van der Waals surface area contributed by atoms with E-state index in [4.69, 9.17) is 0 Å². The third-order valence-electron chi connectivity index (χ3n) is 3.72. The minimum atomic E-state index is 0.336. The summed E-state index contributed by atoms with van der Waals surface area (Å²) >= 11 is 1.76. The van der Waals surface area contributed by atoms with E-state index in [9.17, 15) is 0 Å². The molecule has 1 heterocycles. The van der Waals surface area contributed by atoms with Crippen molar-refractivity contribution in [1.29, 1.82) is 0 Å². The van der Waals surface area contributed by atoms with E-state index in [0.29, 0.717) is 5.41 Å².